The van der Waals surface area contributed by atoms with Gasteiger partial charge in [-0.3, -0.25) is 27.7 Å². The fourth-order valence-corrected chi connectivity index (χ4v) is 9.00. The highest BCUT2D eigenvalue weighted by Crippen LogP contribution is 2.54. The van der Waals surface area contributed by atoms with Crippen molar-refractivity contribution in [3.05, 3.63) is 24.3 Å². The van der Waals surface area contributed by atoms with Crippen LogP contribution in [0.15, 0.2) is 24.3 Å². The molecule has 0 saturated heterocycles. The average molecular weight is 695 g/mol. The van der Waals surface area contributed by atoms with Gasteiger partial charge in [0, 0.05) is 6.08 Å². The molecule has 0 aromatic carbocycles. The Labute approximate surface area is 272 Å². The minimum Gasteiger partial charge on any atom is -0.468 e. The molecule has 0 aromatic rings. The Kier molecular flexibility index (Phi) is 16.3. The number of cyclic esters (lactones) is 1. The fourth-order valence-electron chi connectivity index (χ4n) is 5.27. The minimum absolute atomic E-state index is 0.240. The molecule has 0 amide bonds. The van der Waals surface area contributed by atoms with E-state index in [-0.39, 0.29) is 18.4 Å². The number of nitrogens with one attached hydrogen (secondary N) is 2. The molecule has 4 unspecified atom stereocenters. The lowest BCUT2D eigenvalue weighted by atomic mass is 9.90. The van der Waals surface area contributed by atoms with Crippen molar-refractivity contribution in [2.75, 3.05) is 14.2 Å². The molecule has 2 rings (SSSR count). The zero-order valence-electron chi connectivity index (χ0n) is 28.3. The van der Waals surface area contributed by atoms with Gasteiger partial charge in [-0.2, -0.15) is 0 Å². The Morgan fingerprint density at radius 1 is 0.870 bits per heavy atom. The summed E-state index contributed by atoms with van der Waals surface area (Å²) in [5, 5.41) is 5.31. The lowest BCUT2D eigenvalue weighted by molar-refractivity contribution is -0.143. The Morgan fingerprint density at radius 3 is 1.93 bits per heavy atom. The SMILES string of the molecule is COC(=O)[C@H](C)NP(=O)(OC(C)C)OC1/C=C/C(=O)OC(C)CCCC=C[C@@H]2C[C@H](OP(=O)(N[C@@H](C)C(=O)OC)OC(C)C)C[C@@H]12. The van der Waals surface area contributed by atoms with Crippen LogP contribution in [0.25, 0.3) is 0 Å². The third-order valence-corrected chi connectivity index (χ3v) is 11.1. The number of allylic oxidation sites excluding steroid dienone is 2. The number of rotatable bonds is 14. The first-order chi connectivity index (χ1) is 21.5. The number of carbonyl (C=O) groups excluding carboxylic acids is 3. The third-order valence-electron chi connectivity index (χ3n) is 7.21. The molecule has 0 bridgehead atoms. The van der Waals surface area contributed by atoms with E-state index in [1.165, 1.54) is 40.2 Å². The van der Waals surface area contributed by atoms with E-state index in [0.29, 0.717) is 12.8 Å². The maximum atomic E-state index is 14.1. The molecule has 9 atom stereocenters. The molecule has 1 saturated carbocycles. The number of carbonyl (C=O) groups is 3. The highest BCUT2D eigenvalue weighted by atomic mass is 31.2. The minimum atomic E-state index is -4.21. The van der Waals surface area contributed by atoms with Crippen LogP contribution in [0.4, 0.5) is 0 Å². The number of hydrogen-bond acceptors (Lipinski definition) is 12. The van der Waals surface area contributed by atoms with Crippen LogP contribution < -0.4 is 10.2 Å². The standard InChI is InChI=1S/C30H52N2O12P2/c1-19(2)41-45(36,31-22(6)29(34)38-8)43-25-17-24-14-12-10-11-13-21(5)40-28(33)16-15-27(26(24)18-25)44-46(37,42-20(3)4)32-23(7)30(35)39-9/h12,14-16,19-27H,10-11,13,17-18H2,1-9H3,(H,31,36)(H,32,37)/b14-12?,16-15+/t21?,22-,23-,24+,25-,26+,27?,45?,46?/m0/s1. The maximum absolute atomic E-state index is 14.1. The molecule has 2 aliphatic rings. The molecule has 1 fully saturated rings. The first kappa shape index (κ1) is 40.3. The maximum Gasteiger partial charge on any atom is 0.407 e. The van der Waals surface area contributed by atoms with Crippen LogP contribution in [0.3, 0.4) is 0 Å². The van der Waals surface area contributed by atoms with Crippen molar-refractivity contribution in [2.45, 2.75) is 123 Å². The molecule has 2 N–H and O–H groups in total. The Bertz CT molecular complexity index is 1180. The highest BCUT2D eigenvalue weighted by molar-refractivity contribution is 7.52. The van der Waals surface area contributed by atoms with Gasteiger partial charge < -0.3 is 14.2 Å². The summed E-state index contributed by atoms with van der Waals surface area (Å²) >= 11 is 0. The smallest absolute Gasteiger partial charge is 0.407 e. The molecule has 1 aliphatic carbocycles. The average Bonchev–Trinajstić information content (AvgIpc) is 3.34. The van der Waals surface area contributed by atoms with Gasteiger partial charge in [0.2, 0.25) is 0 Å². The summed E-state index contributed by atoms with van der Waals surface area (Å²) in [7, 11) is -5.82. The molecule has 264 valence electrons. The second-order valence-electron chi connectivity index (χ2n) is 12.1. The van der Waals surface area contributed by atoms with E-state index in [9.17, 15) is 23.5 Å². The second-order valence-corrected chi connectivity index (χ2v) is 15.5. The first-order valence-electron chi connectivity index (χ1n) is 15.7. The van der Waals surface area contributed by atoms with Crippen LogP contribution >= 0.6 is 15.5 Å². The lowest BCUT2D eigenvalue weighted by Gasteiger charge is -2.31. The van der Waals surface area contributed by atoms with E-state index in [0.717, 1.165) is 12.8 Å². The Morgan fingerprint density at radius 2 is 1.41 bits per heavy atom. The zero-order chi connectivity index (χ0) is 34.7. The molecule has 1 heterocycles. The van der Waals surface area contributed by atoms with Crippen molar-refractivity contribution in [3.8, 4) is 0 Å². The summed E-state index contributed by atoms with van der Waals surface area (Å²) in [6, 6.07) is -2.03. The number of methoxy groups -OCH3 is 2. The molecular formula is C30H52N2O12P2. The third kappa shape index (κ3) is 13.3. The van der Waals surface area contributed by atoms with E-state index in [1.807, 2.05) is 19.1 Å². The van der Waals surface area contributed by atoms with Crippen molar-refractivity contribution in [1.29, 1.82) is 0 Å². The van der Waals surface area contributed by atoms with Crippen LogP contribution in [-0.2, 0) is 55.8 Å². The van der Waals surface area contributed by atoms with E-state index < -0.39 is 75.8 Å². The molecule has 16 heteroatoms. The number of fused-ring (bicyclic) bond motifs is 1. The molecule has 0 aromatic heterocycles. The number of hydrogen-bond donors (Lipinski definition) is 2. The van der Waals surface area contributed by atoms with Crippen molar-refractivity contribution in [2.24, 2.45) is 11.8 Å². The van der Waals surface area contributed by atoms with Crippen molar-refractivity contribution in [3.63, 3.8) is 0 Å². The van der Waals surface area contributed by atoms with Crippen LogP contribution in [0.2, 0.25) is 0 Å². The highest BCUT2D eigenvalue weighted by Gasteiger charge is 2.45. The Balaban J connectivity index is 2.52. The van der Waals surface area contributed by atoms with Crippen LogP contribution in [0, 0.1) is 11.8 Å². The van der Waals surface area contributed by atoms with E-state index >= 15 is 0 Å². The van der Waals surface area contributed by atoms with Crippen molar-refractivity contribution < 1.29 is 55.8 Å². The molecule has 46 heavy (non-hydrogen) atoms. The predicted octanol–water partition coefficient (Wildman–Crippen LogP) is 5.38. The molecule has 14 nitrogen and oxygen atoms in total. The lowest BCUT2D eigenvalue weighted by Crippen LogP contribution is -2.36. The molecule has 1 aliphatic heterocycles. The van der Waals surface area contributed by atoms with Gasteiger partial charge in [-0.15, -0.1) is 0 Å². The molecule has 0 spiro atoms. The normalized spacial score (nSPS) is 28.8. The summed E-state index contributed by atoms with van der Waals surface area (Å²) in [4.78, 5) is 37.1. The number of ether oxygens (including phenoxy) is 3. The van der Waals surface area contributed by atoms with Gasteiger partial charge in [0.1, 0.15) is 12.1 Å². The van der Waals surface area contributed by atoms with Crippen molar-refractivity contribution >= 4 is 33.4 Å². The van der Waals surface area contributed by atoms with E-state index in [1.54, 1.807) is 27.7 Å². The van der Waals surface area contributed by atoms with Gasteiger partial charge in [-0.25, -0.2) is 24.1 Å². The summed E-state index contributed by atoms with van der Waals surface area (Å²) in [5.41, 5.74) is 0. The van der Waals surface area contributed by atoms with E-state index in [4.69, 9.17) is 32.3 Å². The first-order valence-corrected chi connectivity index (χ1v) is 18.8. The molecular weight excluding hydrogens is 642 g/mol. The summed E-state index contributed by atoms with van der Waals surface area (Å²) in [6.07, 6.45) is 6.45. The van der Waals surface area contributed by atoms with Crippen molar-refractivity contribution in [1.82, 2.24) is 10.2 Å². The predicted molar refractivity (Wildman–Crippen MR) is 171 cm³/mol. The monoisotopic (exact) mass is 694 g/mol. The summed E-state index contributed by atoms with van der Waals surface area (Å²) in [6.45, 7) is 11.5. The Hall–Kier alpha value is -1.89. The topological polar surface area (TPSA) is 174 Å². The van der Waals surface area contributed by atoms with Crippen LogP contribution in [0.1, 0.15) is 80.6 Å². The summed E-state index contributed by atoms with van der Waals surface area (Å²) in [5.74, 6) is -2.62. The van der Waals surface area contributed by atoms with Crippen LogP contribution in [-0.4, -0.2) is 74.7 Å². The second kappa shape index (κ2) is 18.6. The van der Waals surface area contributed by atoms with Gasteiger partial charge in [0.15, 0.2) is 0 Å². The van der Waals surface area contributed by atoms with Gasteiger partial charge >= 0.3 is 33.4 Å². The van der Waals surface area contributed by atoms with Crippen LogP contribution in [0.5, 0.6) is 0 Å². The van der Waals surface area contributed by atoms with E-state index in [2.05, 4.69) is 10.2 Å². The quantitative estimate of drug-likeness (QED) is 0.103. The fraction of sp³-hybridized carbons (Fsp3) is 0.767. The molecule has 0 radical (unpaired) electrons. The van der Waals surface area contributed by atoms with Gasteiger partial charge in [0.05, 0.1) is 44.7 Å². The van der Waals surface area contributed by atoms with Gasteiger partial charge in [-0.05, 0) is 98.5 Å². The van der Waals surface area contributed by atoms with Gasteiger partial charge in [-0.1, -0.05) is 12.2 Å². The van der Waals surface area contributed by atoms with Gasteiger partial charge in [0.25, 0.3) is 0 Å². The largest absolute Gasteiger partial charge is 0.468 e. The summed E-state index contributed by atoms with van der Waals surface area (Å²) < 4.78 is 66.8. The number of esters is 3. The zero-order valence-corrected chi connectivity index (χ0v) is 30.1.